The summed E-state index contributed by atoms with van der Waals surface area (Å²) in [6.07, 6.45) is 2.23. The Hall–Kier alpha value is 0.210. The third-order valence-electron chi connectivity index (χ3n) is 0.965. The molecule has 1 unspecified atom stereocenters. The van der Waals surface area contributed by atoms with Gasteiger partial charge in [0.2, 0.25) is 0 Å². The van der Waals surface area contributed by atoms with Crippen LogP contribution < -0.4 is 5.73 Å². The molecular formula is C4H10ClNO. The number of rotatable bonds is 0. The fraction of sp³-hybridized carbons (Fsp3) is 1.00. The maximum absolute atomic E-state index is 5.31. The molecular weight excluding hydrogens is 114 g/mol. The molecule has 0 aromatic heterocycles. The molecule has 0 spiro atoms. The molecule has 1 atom stereocenters. The normalized spacial score (nSPS) is 29.6. The summed E-state index contributed by atoms with van der Waals surface area (Å²) in [5, 5.41) is 0. The molecule has 1 aliphatic rings. The van der Waals surface area contributed by atoms with E-state index < -0.39 is 0 Å². The average Bonchev–Trinajstić information content (AvgIpc) is 1.86. The molecule has 2 N–H and O–H groups in total. The molecule has 44 valence electrons. The van der Waals surface area contributed by atoms with Crippen LogP contribution in [-0.2, 0) is 4.74 Å². The first-order valence-corrected chi connectivity index (χ1v) is 2.27. The fourth-order valence-electron chi connectivity index (χ4n) is 0.603. The van der Waals surface area contributed by atoms with Crippen LogP contribution in [0.2, 0.25) is 0 Å². The lowest BCUT2D eigenvalue weighted by molar-refractivity contribution is 0.116. The first-order valence-electron chi connectivity index (χ1n) is 2.27. The van der Waals surface area contributed by atoms with Crippen molar-refractivity contribution in [3.63, 3.8) is 0 Å². The first-order chi connectivity index (χ1) is 2.89. The molecule has 1 rings (SSSR count). The molecule has 1 heterocycles. The van der Waals surface area contributed by atoms with Crippen molar-refractivity contribution in [2.24, 2.45) is 5.73 Å². The molecule has 2 nitrogen and oxygen atoms in total. The average molecular weight is 124 g/mol. The Balaban J connectivity index is 0.000000360. The third kappa shape index (κ3) is 2.12. The second kappa shape index (κ2) is 3.24. The SMILES string of the molecule is Cl.NC1CCCO1. The number of nitrogens with two attached hydrogens (primary N) is 1. The maximum atomic E-state index is 5.31. The van der Waals surface area contributed by atoms with Crippen LogP contribution in [0.15, 0.2) is 0 Å². The molecule has 7 heavy (non-hydrogen) atoms. The van der Waals surface area contributed by atoms with Gasteiger partial charge in [-0.2, -0.15) is 0 Å². The Morgan fingerprint density at radius 3 is 2.43 bits per heavy atom. The summed E-state index contributed by atoms with van der Waals surface area (Å²) in [7, 11) is 0. The Kier molecular flexibility index (Phi) is 3.34. The van der Waals surface area contributed by atoms with E-state index in [2.05, 4.69) is 0 Å². The van der Waals surface area contributed by atoms with Gasteiger partial charge in [-0.25, -0.2) is 0 Å². The molecule has 0 aromatic carbocycles. The van der Waals surface area contributed by atoms with Crippen molar-refractivity contribution in [1.82, 2.24) is 0 Å². The van der Waals surface area contributed by atoms with E-state index in [9.17, 15) is 0 Å². The molecule has 3 heteroatoms. The molecule has 0 bridgehead atoms. The molecule has 0 saturated carbocycles. The molecule has 0 aliphatic carbocycles. The van der Waals surface area contributed by atoms with Gasteiger partial charge in [-0.3, -0.25) is 0 Å². The van der Waals surface area contributed by atoms with Gasteiger partial charge in [-0.15, -0.1) is 12.4 Å². The lowest BCUT2D eigenvalue weighted by Gasteiger charge is -1.95. The smallest absolute Gasteiger partial charge is 0.105 e. The summed E-state index contributed by atoms with van der Waals surface area (Å²) in [6, 6.07) is 0. The summed E-state index contributed by atoms with van der Waals surface area (Å²) in [4.78, 5) is 0. The number of hydrogen-bond donors (Lipinski definition) is 1. The van der Waals surface area contributed by atoms with Gasteiger partial charge >= 0.3 is 0 Å². The monoisotopic (exact) mass is 123 g/mol. The Morgan fingerprint density at radius 2 is 2.29 bits per heavy atom. The fourth-order valence-corrected chi connectivity index (χ4v) is 0.603. The Labute approximate surface area is 49.4 Å². The summed E-state index contributed by atoms with van der Waals surface area (Å²) >= 11 is 0. The standard InChI is InChI=1S/C4H9NO.ClH/c5-4-2-1-3-6-4;/h4H,1-3,5H2;1H. The van der Waals surface area contributed by atoms with Crippen molar-refractivity contribution in [2.75, 3.05) is 6.61 Å². The minimum atomic E-state index is 0. The first kappa shape index (κ1) is 7.21. The predicted molar refractivity (Wildman–Crippen MR) is 30.4 cm³/mol. The van der Waals surface area contributed by atoms with Gasteiger partial charge in [-0.1, -0.05) is 0 Å². The van der Waals surface area contributed by atoms with E-state index >= 15 is 0 Å². The van der Waals surface area contributed by atoms with Crippen LogP contribution in [-0.4, -0.2) is 12.8 Å². The Bertz CT molecular complexity index is 45.0. The second-order valence-corrected chi connectivity index (χ2v) is 1.55. The zero-order chi connectivity index (χ0) is 4.41. The summed E-state index contributed by atoms with van der Waals surface area (Å²) in [5.74, 6) is 0. The van der Waals surface area contributed by atoms with Crippen LogP contribution in [0, 0.1) is 0 Å². The van der Waals surface area contributed by atoms with E-state index in [0.29, 0.717) is 0 Å². The van der Waals surface area contributed by atoms with Gasteiger partial charge in [-0.05, 0) is 12.8 Å². The zero-order valence-electron chi connectivity index (χ0n) is 4.09. The van der Waals surface area contributed by atoms with E-state index in [4.69, 9.17) is 10.5 Å². The largest absolute Gasteiger partial charge is 0.364 e. The van der Waals surface area contributed by atoms with Crippen LogP contribution in [0.4, 0.5) is 0 Å². The minimum Gasteiger partial charge on any atom is -0.364 e. The summed E-state index contributed by atoms with van der Waals surface area (Å²) in [6.45, 7) is 0.862. The van der Waals surface area contributed by atoms with Crippen LogP contribution in [0.3, 0.4) is 0 Å². The van der Waals surface area contributed by atoms with Crippen molar-refractivity contribution < 1.29 is 4.74 Å². The van der Waals surface area contributed by atoms with Crippen molar-refractivity contribution >= 4 is 12.4 Å². The molecule has 1 saturated heterocycles. The molecule has 0 aromatic rings. The zero-order valence-corrected chi connectivity index (χ0v) is 4.91. The third-order valence-corrected chi connectivity index (χ3v) is 0.965. The summed E-state index contributed by atoms with van der Waals surface area (Å²) < 4.78 is 4.93. The lowest BCUT2D eigenvalue weighted by Crippen LogP contribution is -2.16. The van der Waals surface area contributed by atoms with Gasteiger partial charge in [0.25, 0.3) is 0 Å². The second-order valence-electron chi connectivity index (χ2n) is 1.55. The highest BCUT2D eigenvalue weighted by molar-refractivity contribution is 5.85. The van der Waals surface area contributed by atoms with E-state index in [0.717, 1.165) is 19.4 Å². The van der Waals surface area contributed by atoms with Crippen molar-refractivity contribution in [2.45, 2.75) is 19.1 Å². The molecule has 0 radical (unpaired) electrons. The van der Waals surface area contributed by atoms with E-state index in [1.807, 2.05) is 0 Å². The Morgan fingerprint density at radius 1 is 1.57 bits per heavy atom. The van der Waals surface area contributed by atoms with Crippen LogP contribution >= 0.6 is 12.4 Å². The highest BCUT2D eigenvalue weighted by atomic mass is 35.5. The quantitative estimate of drug-likeness (QED) is 0.509. The van der Waals surface area contributed by atoms with Crippen LogP contribution in [0.25, 0.3) is 0 Å². The number of halogens is 1. The van der Waals surface area contributed by atoms with Gasteiger partial charge in [0.05, 0.1) is 0 Å². The van der Waals surface area contributed by atoms with Crippen molar-refractivity contribution in [3.8, 4) is 0 Å². The van der Waals surface area contributed by atoms with Gasteiger partial charge in [0, 0.05) is 6.61 Å². The molecule has 1 aliphatic heterocycles. The maximum Gasteiger partial charge on any atom is 0.105 e. The lowest BCUT2D eigenvalue weighted by atomic mass is 10.3. The van der Waals surface area contributed by atoms with Crippen molar-refractivity contribution in [3.05, 3.63) is 0 Å². The molecule has 1 fully saturated rings. The van der Waals surface area contributed by atoms with E-state index in [1.54, 1.807) is 0 Å². The number of hydrogen-bond acceptors (Lipinski definition) is 2. The molecule has 0 amide bonds. The van der Waals surface area contributed by atoms with E-state index in [-0.39, 0.29) is 18.6 Å². The van der Waals surface area contributed by atoms with Gasteiger partial charge < -0.3 is 10.5 Å². The topological polar surface area (TPSA) is 35.2 Å². The van der Waals surface area contributed by atoms with E-state index in [1.165, 1.54) is 0 Å². The van der Waals surface area contributed by atoms with Crippen LogP contribution in [0.1, 0.15) is 12.8 Å². The highest BCUT2D eigenvalue weighted by Gasteiger charge is 2.07. The minimum absolute atomic E-state index is 0. The highest BCUT2D eigenvalue weighted by Crippen LogP contribution is 2.04. The van der Waals surface area contributed by atoms with Gasteiger partial charge in [0.15, 0.2) is 0 Å². The summed E-state index contributed by atoms with van der Waals surface area (Å²) in [5.41, 5.74) is 5.31. The van der Waals surface area contributed by atoms with Gasteiger partial charge in [0.1, 0.15) is 6.23 Å². The number of ether oxygens (including phenoxy) is 1. The van der Waals surface area contributed by atoms with Crippen molar-refractivity contribution in [1.29, 1.82) is 0 Å². The predicted octanol–water partition coefficient (Wildman–Crippen LogP) is 0.503. The van der Waals surface area contributed by atoms with Crippen LogP contribution in [0.5, 0.6) is 0 Å².